The SMILES string of the molecule is Cc1nc(C)c(C(=O)NCc2sc(-c3ccccc3Cl)nc2C)s1. The van der Waals surface area contributed by atoms with Crippen molar-refractivity contribution in [3.05, 3.63) is 55.4 Å². The predicted octanol–water partition coefficient (Wildman–Crippen LogP) is 4.78. The van der Waals surface area contributed by atoms with Crippen molar-refractivity contribution in [2.45, 2.75) is 27.3 Å². The highest BCUT2D eigenvalue weighted by atomic mass is 35.5. The molecular formula is C17H16ClN3OS2. The number of nitrogens with zero attached hydrogens (tertiary/aromatic N) is 2. The summed E-state index contributed by atoms with van der Waals surface area (Å²) in [7, 11) is 0. The summed E-state index contributed by atoms with van der Waals surface area (Å²) in [6, 6.07) is 7.64. The third kappa shape index (κ3) is 3.50. The minimum atomic E-state index is -0.0924. The fraction of sp³-hybridized carbons (Fsp3) is 0.235. The molecule has 3 rings (SSSR count). The number of rotatable bonds is 4. The molecule has 0 unspecified atom stereocenters. The molecule has 0 bridgehead atoms. The van der Waals surface area contributed by atoms with Crippen LogP contribution in [0.5, 0.6) is 0 Å². The summed E-state index contributed by atoms with van der Waals surface area (Å²) in [5.41, 5.74) is 2.60. The molecule has 0 aliphatic heterocycles. The van der Waals surface area contributed by atoms with Gasteiger partial charge in [-0.25, -0.2) is 9.97 Å². The number of benzene rings is 1. The van der Waals surface area contributed by atoms with E-state index in [1.165, 1.54) is 11.3 Å². The molecule has 1 aromatic carbocycles. The zero-order valence-corrected chi connectivity index (χ0v) is 15.9. The number of halogens is 1. The summed E-state index contributed by atoms with van der Waals surface area (Å²) in [6.07, 6.45) is 0. The monoisotopic (exact) mass is 377 g/mol. The van der Waals surface area contributed by atoms with Crippen molar-refractivity contribution < 1.29 is 4.79 Å². The molecule has 1 N–H and O–H groups in total. The van der Waals surface area contributed by atoms with Crippen molar-refractivity contribution in [3.8, 4) is 10.6 Å². The summed E-state index contributed by atoms with van der Waals surface area (Å²) >= 11 is 9.20. The summed E-state index contributed by atoms with van der Waals surface area (Å²) < 4.78 is 0. The first-order chi connectivity index (χ1) is 11.5. The number of carbonyl (C=O) groups excluding carboxylic acids is 1. The standard InChI is InChI=1S/C17H16ClN3OS2/c1-9-14(8-19-16(22)15-10(2)20-11(3)23-15)24-17(21-9)12-6-4-5-7-13(12)18/h4-7H,8H2,1-3H3,(H,19,22). The van der Waals surface area contributed by atoms with Gasteiger partial charge in [0.2, 0.25) is 0 Å². The van der Waals surface area contributed by atoms with Crippen LogP contribution in [0.3, 0.4) is 0 Å². The first-order valence-electron chi connectivity index (χ1n) is 7.39. The van der Waals surface area contributed by atoms with Crippen LogP contribution in [0.4, 0.5) is 0 Å². The highest BCUT2D eigenvalue weighted by Gasteiger charge is 2.16. The molecule has 2 aromatic heterocycles. The molecule has 0 aliphatic carbocycles. The molecule has 2 heterocycles. The summed E-state index contributed by atoms with van der Waals surface area (Å²) in [6.45, 7) is 6.15. The molecule has 0 spiro atoms. The highest BCUT2D eigenvalue weighted by Crippen LogP contribution is 2.32. The normalized spacial score (nSPS) is 10.8. The lowest BCUT2D eigenvalue weighted by Gasteiger charge is -2.02. The lowest BCUT2D eigenvalue weighted by molar-refractivity contribution is 0.0954. The van der Waals surface area contributed by atoms with Crippen molar-refractivity contribution in [2.75, 3.05) is 0 Å². The van der Waals surface area contributed by atoms with Gasteiger partial charge in [-0.2, -0.15) is 0 Å². The highest BCUT2D eigenvalue weighted by molar-refractivity contribution is 7.15. The Morgan fingerprint density at radius 1 is 1.12 bits per heavy atom. The number of carbonyl (C=O) groups is 1. The summed E-state index contributed by atoms with van der Waals surface area (Å²) in [5.74, 6) is -0.0924. The smallest absolute Gasteiger partial charge is 0.263 e. The van der Waals surface area contributed by atoms with E-state index in [0.717, 1.165) is 31.8 Å². The minimum Gasteiger partial charge on any atom is -0.346 e. The van der Waals surface area contributed by atoms with Crippen LogP contribution in [0.25, 0.3) is 10.6 Å². The zero-order valence-electron chi connectivity index (χ0n) is 13.5. The third-order valence-corrected chi connectivity index (χ3v) is 6.11. The third-order valence-electron chi connectivity index (χ3n) is 3.52. The largest absolute Gasteiger partial charge is 0.346 e. The first-order valence-corrected chi connectivity index (χ1v) is 9.40. The summed E-state index contributed by atoms with van der Waals surface area (Å²) in [4.78, 5) is 22.9. The second-order valence-corrected chi connectivity index (χ2v) is 8.03. The van der Waals surface area contributed by atoms with Gasteiger partial charge >= 0.3 is 0 Å². The lowest BCUT2D eigenvalue weighted by Crippen LogP contribution is -2.22. The van der Waals surface area contributed by atoms with Crippen LogP contribution in [0.2, 0.25) is 5.02 Å². The van der Waals surface area contributed by atoms with Crippen molar-refractivity contribution in [3.63, 3.8) is 0 Å². The van der Waals surface area contributed by atoms with Gasteiger partial charge in [0.15, 0.2) is 0 Å². The van der Waals surface area contributed by atoms with Crippen LogP contribution >= 0.6 is 34.3 Å². The van der Waals surface area contributed by atoms with E-state index in [1.807, 2.05) is 45.0 Å². The number of hydrogen-bond acceptors (Lipinski definition) is 5. The summed E-state index contributed by atoms with van der Waals surface area (Å²) in [5, 5.41) is 5.40. The Kier molecular flexibility index (Phi) is 4.99. The Morgan fingerprint density at radius 3 is 2.54 bits per heavy atom. The number of amides is 1. The fourth-order valence-electron chi connectivity index (χ4n) is 2.32. The van der Waals surface area contributed by atoms with E-state index in [1.54, 1.807) is 11.3 Å². The van der Waals surface area contributed by atoms with Gasteiger partial charge in [0.25, 0.3) is 5.91 Å². The number of nitrogens with one attached hydrogen (secondary N) is 1. The maximum absolute atomic E-state index is 12.3. The Morgan fingerprint density at radius 2 is 1.88 bits per heavy atom. The van der Waals surface area contributed by atoms with Gasteiger partial charge in [-0.1, -0.05) is 29.8 Å². The second kappa shape index (κ2) is 7.01. The van der Waals surface area contributed by atoms with E-state index in [2.05, 4.69) is 15.3 Å². The zero-order chi connectivity index (χ0) is 17.3. The van der Waals surface area contributed by atoms with Crippen LogP contribution in [-0.4, -0.2) is 15.9 Å². The second-order valence-electron chi connectivity index (χ2n) is 5.34. The van der Waals surface area contributed by atoms with Crippen molar-refractivity contribution in [1.29, 1.82) is 0 Å². The van der Waals surface area contributed by atoms with E-state index in [9.17, 15) is 4.79 Å². The fourth-order valence-corrected chi connectivity index (χ4v) is 4.48. The molecule has 1 amide bonds. The van der Waals surface area contributed by atoms with Gasteiger partial charge < -0.3 is 5.32 Å². The molecule has 24 heavy (non-hydrogen) atoms. The van der Waals surface area contributed by atoms with E-state index >= 15 is 0 Å². The quantitative estimate of drug-likeness (QED) is 0.712. The van der Waals surface area contributed by atoms with Gasteiger partial charge in [-0.3, -0.25) is 4.79 Å². The van der Waals surface area contributed by atoms with Crippen LogP contribution in [0, 0.1) is 20.8 Å². The van der Waals surface area contributed by atoms with Crippen molar-refractivity contribution in [1.82, 2.24) is 15.3 Å². The van der Waals surface area contributed by atoms with Gasteiger partial charge in [0, 0.05) is 10.4 Å². The molecule has 0 saturated heterocycles. The van der Waals surface area contributed by atoms with Gasteiger partial charge in [-0.15, -0.1) is 22.7 Å². The van der Waals surface area contributed by atoms with Gasteiger partial charge in [0.05, 0.1) is 28.0 Å². The Labute approximate surface area is 153 Å². The Bertz CT molecular complexity index is 901. The Hall–Kier alpha value is -1.76. The molecule has 7 heteroatoms. The molecule has 0 radical (unpaired) electrons. The number of aromatic nitrogens is 2. The van der Waals surface area contributed by atoms with Crippen molar-refractivity contribution >= 4 is 40.2 Å². The average molecular weight is 378 g/mol. The number of thiazole rings is 2. The molecule has 124 valence electrons. The lowest BCUT2D eigenvalue weighted by atomic mass is 10.2. The topological polar surface area (TPSA) is 54.9 Å². The molecule has 0 atom stereocenters. The van der Waals surface area contributed by atoms with Gasteiger partial charge in [0.1, 0.15) is 9.88 Å². The predicted molar refractivity (Wildman–Crippen MR) is 100 cm³/mol. The van der Waals surface area contributed by atoms with Crippen LogP contribution in [0.1, 0.15) is 30.9 Å². The maximum atomic E-state index is 12.3. The molecule has 4 nitrogen and oxygen atoms in total. The maximum Gasteiger partial charge on any atom is 0.263 e. The van der Waals surface area contributed by atoms with Gasteiger partial charge in [-0.05, 0) is 26.8 Å². The van der Waals surface area contributed by atoms with Crippen LogP contribution < -0.4 is 5.32 Å². The molecular weight excluding hydrogens is 362 g/mol. The first kappa shape index (κ1) is 17.1. The van der Waals surface area contributed by atoms with E-state index < -0.39 is 0 Å². The van der Waals surface area contributed by atoms with E-state index in [-0.39, 0.29) is 5.91 Å². The van der Waals surface area contributed by atoms with Crippen LogP contribution in [-0.2, 0) is 6.54 Å². The van der Waals surface area contributed by atoms with Crippen molar-refractivity contribution in [2.24, 2.45) is 0 Å². The average Bonchev–Trinajstić information content (AvgIpc) is 3.07. The molecule has 0 aliphatic rings. The molecule has 0 saturated carbocycles. The number of hydrogen-bond donors (Lipinski definition) is 1. The Balaban J connectivity index is 1.76. The van der Waals surface area contributed by atoms with E-state index in [0.29, 0.717) is 16.4 Å². The van der Waals surface area contributed by atoms with Crippen LogP contribution in [0.15, 0.2) is 24.3 Å². The molecule has 0 fully saturated rings. The van der Waals surface area contributed by atoms with E-state index in [4.69, 9.17) is 11.6 Å². The minimum absolute atomic E-state index is 0.0924. The number of aryl methyl sites for hydroxylation is 3. The molecule has 3 aromatic rings.